The fraction of sp³-hybridized carbons (Fsp3) is 0.0385. The highest BCUT2D eigenvalue weighted by atomic mass is 16.3. The number of allylic oxidation sites excluding steroid dienone is 4. The van der Waals surface area contributed by atoms with Crippen molar-refractivity contribution in [2.24, 2.45) is 0 Å². The second-order valence-corrected chi connectivity index (χ2v) is 14.5. The van der Waals surface area contributed by atoms with Crippen LogP contribution in [0.15, 0.2) is 199 Å². The number of para-hydroxylation sites is 2. The summed E-state index contributed by atoms with van der Waals surface area (Å²) in [4.78, 5) is 2.38. The van der Waals surface area contributed by atoms with Crippen molar-refractivity contribution in [1.29, 1.82) is 0 Å². The maximum Gasteiger partial charge on any atom is 0.135 e. The first kappa shape index (κ1) is 31.4. The van der Waals surface area contributed by atoms with E-state index in [1.165, 1.54) is 49.3 Å². The molecule has 0 unspecified atom stereocenters. The molecule has 0 radical (unpaired) electrons. The summed E-state index contributed by atoms with van der Waals surface area (Å²) in [5, 5.41) is 7.22. The van der Waals surface area contributed by atoms with E-state index in [1.54, 1.807) is 0 Å². The number of furan rings is 1. The highest BCUT2D eigenvalue weighted by Crippen LogP contribution is 2.42. The Bertz CT molecular complexity index is 3160. The van der Waals surface area contributed by atoms with Crippen molar-refractivity contribution in [2.75, 3.05) is 4.90 Å². The monoisotopic (exact) mass is 704 g/mol. The van der Waals surface area contributed by atoms with E-state index in [0.717, 1.165) is 63.1 Å². The van der Waals surface area contributed by atoms with Crippen LogP contribution in [0.2, 0.25) is 0 Å². The SMILES string of the molecule is C1=CC(c2cccc(N(c3cccc(-c4ccc5c6cc7ccccc7cc6n(-c6ccccc6)c5c4)c3)c3ccc4oc5ccccc5c4c3)c2)=CCC1. The normalized spacial score (nSPS) is 13.0. The highest BCUT2D eigenvalue weighted by molar-refractivity contribution is 6.14. The first-order chi connectivity index (χ1) is 27.2. The molecule has 0 fully saturated rings. The second kappa shape index (κ2) is 12.8. The number of rotatable bonds is 6. The summed E-state index contributed by atoms with van der Waals surface area (Å²) >= 11 is 0. The molecule has 0 atom stereocenters. The third-order valence-electron chi connectivity index (χ3n) is 11.1. The molecule has 2 aromatic heterocycles. The standard InChI is InChI=1S/C52H36N2O/c1-3-13-35(14-4-1)36-17-11-21-42(29-36)53(44-26-28-52-48(34-44)46-23-9-10-24-51(46)55-52)43-22-12-18-37(30-43)40-25-27-45-47-31-38-15-7-8-16-39(38)32-50(47)54(49(45)33-40)41-19-5-2-6-20-41/h2-3,5-34H,1,4H2. The molecule has 11 rings (SSSR count). The van der Waals surface area contributed by atoms with Crippen molar-refractivity contribution < 1.29 is 4.42 Å². The van der Waals surface area contributed by atoms with E-state index in [-0.39, 0.29) is 0 Å². The number of aromatic nitrogens is 1. The zero-order valence-corrected chi connectivity index (χ0v) is 30.2. The van der Waals surface area contributed by atoms with Crippen molar-refractivity contribution in [1.82, 2.24) is 4.57 Å². The molecule has 3 nitrogen and oxygen atoms in total. The van der Waals surface area contributed by atoms with Gasteiger partial charge in [0.25, 0.3) is 0 Å². The smallest absolute Gasteiger partial charge is 0.135 e. The molecular formula is C52H36N2O. The molecule has 0 bridgehead atoms. The molecule has 0 amide bonds. The molecule has 0 saturated carbocycles. The van der Waals surface area contributed by atoms with E-state index in [4.69, 9.17) is 4.42 Å². The Balaban J connectivity index is 1.10. The molecule has 1 aliphatic carbocycles. The molecule has 8 aromatic carbocycles. The molecule has 0 N–H and O–H groups in total. The minimum Gasteiger partial charge on any atom is -0.456 e. The van der Waals surface area contributed by atoms with Gasteiger partial charge in [0.1, 0.15) is 11.2 Å². The summed E-state index contributed by atoms with van der Waals surface area (Å²) in [6, 6.07) is 63.8. The Morgan fingerprint density at radius 1 is 0.436 bits per heavy atom. The number of hydrogen-bond acceptors (Lipinski definition) is 2. The Morgan fingerprint density at radius 2 is 1.13 bits per heavy atom. The van der Waals surface area contributed by atoms with Gasteiger partial charge in [-0.05, 0) is 125 Å². The molecule has 0 spiro atoms. The summed E-state index contributed by atoms with van der Waals surface area (Å²) < 4.78 is 8.68. The summed E-state index contributed by atoms with van der Waals surface area (Å²) in [5.74, 6) is 0. The molecule has 0 saturated heterocycles. The van der Waals surface area contributed by atoms with Gasteiger partial charge in [0.15, 0.2) is 0 Å². The van der Waals surface area contributed by atoms with Gasteiger partial charge in [-0.3, -0.25) is 0 Å². The van der Waals surface area contributed by atoms with Crippen LogP contribution in [0.4, 0.5) is 17.1 Å². The summed E-state index contributed by atoms with van der Waals surface area (Å²) in [6.07, 6.45) is 9.04. The maximum absolute atomic E-state index is 6.26. The summed E-state index contributed by atoms with van der Waals surface area (Å²) in [7, 11) is 0. The Kier molecular flexibility index (Phi) is 7.31. The lowest BCUT2D eigenvalue weighted by molar-refractivity contribution is 0.669. The van der Waals surface area contributed by atoms with Gasteiger partial charge in [0.2, 0.25) is 0 Å². The quantitative estimate of drug-likeness (QED) is 0.172. The minimum absolute atomic E-state index is 0.889. The van der Waals surface area contributed by atoms with Crippen LogP contribution in [0, 0.1) is 0 Å². The average Bonchev–Trinajstić information content (AvgIpc) is 3.78. The van der Waals surface area contributed by atoms with E-state index in [9.17, 15) is 0 Å². The molecule has 260 valence electrons. The number of anilines is 3. The lowest BCUT2D eigenvalue weighted by Gasteiger charge is -2.27. The third kappa shape index (κ3) is 5.35. The van der Waals surface area contributed by atoms with Crippen LogP contribution in [0.1, 0.15) is 18.4 Å². The predicted molar refractivity (Wildman–Crippen MR) is 232 cm³/mol. The lowest BCUT2D eigenvalue weighted by atomic mass is 9.98. The molecule has 0 aliphatic heterocycles. The van der Waals surface area contributed by atoms with E-state index in [0.29, 0.717) is 0 Å². The first-order valence-electron chi connectivity index (χ1n) is 19.1. The summed E-state index contributed by atoms with van der Waals surface area (Å²) in [5.41, 5.74) is 13.4. The van der Waals surface area contributed by atoms with Gasteiger partial charge in [0, 0.05) is 44.3 Å². The zero-order valence-electron chi connectivity index (χ0n) is 30.2. The summed E-state index contributed by atoms with van der Waals surface area (Å²) in [6.45, 7) is 0. The van der Waals surface area contributed by atoms with Crippen LogP contribution in [0.5, 0.6) is 0 Å². The average molecular weight is 705 g/mol. The van der Waals surface area contributed by atoms with Gasteiger partial charge in [0.05, 0.1) is 11.0 Å². The zero-order chi connectivity index (χ0) is 36.3. The molecule has 3 heteroatoms. The Labute approximate surface area is 319 Å². The fourth-order valence-corrected chi connectivity index (χ4v) is 8.51. The molecule has 2 heterocycles. The Morgan fingerprint density at radius 3 is 1.96 bits per heavy atom. The topological polar surface area (TPSA) is 21.3 Å². The minimum atomic E-state index is 0.889. The van der Waals surface area contributed by atoms with E-state index in [2.05, 4.69) is 191 Å². The van der Waals surface area contributed by atoms with Crippen molar-refractivity contribution in [3.63, 3.8) is 0 Å². The van der Waals surface area contributed by atoms with E-state index in [1.807, 2.05) is 12.1 Å². The second-order valence-electron chi connectivity index (χ2n) is 14.5. The molecule has 10 aromatic rings. The number of hydrogen-bond donors (Lipinski definition) is 0. The number of fused-ring (bicyclic) bond motifs is 7. The molecular weight excluding hydrogens is 669 g/mol. The fourth-order valence-electron chi connectivity index (χ4n) is 8.51. The van der Waals surface area contributed by atoms with Crippen LogP contribution in [-0.2, 0) is 0 Å². The van der Waals surface area contributed by atoms with Crippen molar-refractivity contribution >= 4 is 77.2 Å². The van der Waals surface area contributed by atoms with Crippen LogP contribution in [0.3, 0.4) is 0 Å². The molecule has 1 aliphatic rings. The van der Waals surface area contributed by atoms with Crippen LogP contribution in [-0.4, -0.2) is 4.57 Å². The van der Waals surface area contributed by atoms with Gasteiger partial charge in [-0.1, -0.05) is 115 Å². The maximum atomic E-state index is 6.26. The van der Waals surface area contributed by atoms with Gasteiger partial charge >= 0.3 is 0 Å². The van der Waals surface area contributed by atoms with Crippen molar-refractivity contribution in [3.8, 4) is 16.8 Å². The molecule has 55 heavy (non-hydrogen) atoms. The van der Waals surface area contributed by atoms with E-state index >= 15 is 0 Å². The third-order valence-corrected chi connectivity index (χ3v) is 11.1. The predicted octanol–water partition coefficient (Wildman–Crippen LogP) is 14.7. The Hall–Kier alpha value is -7.10. The lowest BCUT2D eigenvalue weighted by Crippen LogP contribution is -2.10. The van der Waals surface area contributed by atoms with E-state index < -0.39 is 0 Å². The van der Waals surface area contributed by atoms with Crippen LogP contribution in [0.25, 0.3) is 76.9 Å². The van der Waals surface area contributed by atoms with Crippen LogP contribution >= 0.6 is 0 Å². The highest BCUT2D eigenvalue weighted by Gasteiger charge is 2.19. The van der Waals surface area contributed by atoms with Gasteiger partial charge < -0.3 is 13.9 Å². The van der Waals surface area contributed by atoms with Gasteiger partial charge in [-0.15, -0.1) is 0 Å². The van der Waals surface area contributed by atoms with Gasteiger partial charge in [-0.25, -0.2) is 0 Å². The van der Waals surface area contributed by atoms with Crippen molar-refractivity contribution in [3.05, 3.63) is 200 Å². The van der Waals surface area contributed by atoms with Crippen LogP contribution < -0.4 is 4.90 Å². The van der Waals surface area contributed by atoms with Gasteiger partial charge in [-0.2, -0.15) is 0 Å². The number of benzene rings is 8. The van der Waals surface area contributed by atoms with Crippen molar-refractivity contribution in [2.45, 2.75) is 12.8 Å². The largest absolute Gasteiger partial charge is 0.456 e. The first-order valence-corrected chi connectivity index (χ1v) is 19.1. The number of nitrogens with zero attached hydrogens (tertiary/aromatic N) is 2.